The highest BCUT2D eigenvalue weighted by atomic mass is 28.4. The van der Waals surface area contributed by atoms with Crippen molar-refractivity contribution < 1.29 is 28.2 Å². The van der Waals surface area contributed by atoms with Gasteiger partial charge in [0.15, 0.2) is 16.6 Å². The third-order valence-corrected chi connectivity index (χ3v) is 23.1. The third kappa shape index (κ3) is 38.9. The van der Waals surface area contributed by atoms with Crippen molar-refractivity contribution in [2.45, 2.75) is 290 Å². The van der Waals surface area contributed by atoms with Gasteiger partial charge in [-0.2, -0.15) is 0 Å². The van der Waals surface area contributed by atoms with Crippen LogP contribution >= 0.6 is 0 Å². The lowest BCUT2D eigenvalue weighted by atomic mass is 10.0. The molecular weight excluding hydrogens is 837 g/mol. The first kappa shape index (κ1) is 64.4. The number of unbranched alkanes of at least 4 members (excludes halogenated alkanes) is 26. The minimum absolute atomic E-state index is 0.0222. The predicted octanol–water partition coefficient (Wildman–Crippen LogP) is 18.0. The van der Waals surface area contributed by atoms with Gasteiger partial charge < -0.3 is 28.2 Å². The standard InChI is InChI=1S/C32H60O3Si.C25H54O3Si/c1-7-8-9-10-11-12-13-14-15-16-17-18-19-23-26-33-28-31(29-35-36(5,6)32(2,3)4)34-27-30-24-21-20-22-25-30;1-7-8-9-10-11-12-13-14-15-16-17-18-19-20-21-27-22-24(26)23-28-29(5,6)25(2,3)4/h20-22,24-25,31H,7-19,23,26-29H2,1-6H3;24,26H,7-23H2,1-6H3. The molecular formula is C57H114O6Si2. The van der Waals surface area contributed by atoms with E-state index in [1.807, 2.05) is 6.07 Å². The second-order valence-corrected chi connectivity index (χ2v) is 32.2. The zero-order chi connectivity index (χ0) is 48.6. The summed E-state index contributed by atoms with van der Waals surface area (Å²) in [7, 11) is -3.58. The molecule has 2 unspecified atom stereocenters. The van der Waals surface area contributed by atoms with Crippen molar-refractivity contribution in [2.24, 2.45) is 0 Å². The number of aliphatic hydroxyl groups is 1. The molecule has 0 aliphatic heterocycles. The van der Waals surface area contributed by atoms with Crippen molar-refractivity contribution in [3.05, 3.63) is 35.9 Å². The number of benzene rings is 1. The molecule has 0 heterocycles. The maximum absolute atomic E-state index is 10.1. The summed E-state index contributed by atoms with van der Waals surface area (Å²) in [5.41, 5.74) is 1.20. The summed E-state index contributed by atoms with van der Waals surface area (Å²) in [6.07, 6.45) is 38.0. The van der Waals surface area contributed by atoms with Gasteiger partial charge in [-0.25, -0.2) is 0 Å². The Labute approximate surface area is 408 Å². The lowest BCUT2D eigenvalue weighted by Gasteiger charge is -2.37. The quantitative estimate of drug-likeness (QED) is 0.0520. The van der Waals surface area contributed by atoms with Gasteiger partial charge in [-0.15, -0.1) is 0 Å². The van der Waals surface area contributed by atoms with Crippen molar-refractivity contribution in [2.75, 3.05) is 39.6 Å². The zero-order valence-electron chi connectivity index (χ0n) is 45.8. The van der Waals surface area contributed by atoms with E-state index in [2.05, 4.69) is 106 Å². The minimum Gasteiger partial charge on any atom is -0.414 e. The Morgan fingerprint density at radius 3 is 1.11 bits per heavy atom. The van der Waals surface area contributed by atoms with E-state index in [4.69, 9.17) is 23.1 Å². The second-order valence-electron chi connectivity index (χ2n) is 22.6. The number of hydrogen-bond donors (Lipinski definition) is 1. The third-order valence-electron chi connectivity index (χ3n) is 14.1. The van der Waals surface area contributed by atoms with Crippen LogP contribution in [0, 0.1) is 0 Å². The van der Waals surface area contributed by atoms with Gasteiger partial charge in [-0.3, -0.25) is 0 Å². The first-order chi connectivity index (χ1) is 31.0. The molecule has 0 aromatic heterocycles. The van der Waals surface area contributed by atoms with Crippen LogP contribution < -0.4 is 0 Å². The summed E-state index contributed by atoms with van der Waals surface area (Å²) < 4.78 is 30.4. The first-order valence-electron chi connectivity index (χ1n) is 27.7. The summed E-state index contributed by atoms with van der Waals surface area (Å²) in [4.78, 5) is 0. The molecule has 0 bridgehead atoms. The van der Waals surface area contributed by atoms with Gasteiger partial charge >= 0.3 is 0 Å². The average molecular weight is 952 g/mol. The number of hydrogen-bond acceptors (Lipinski definition) is 6. The highest BCUT2D eigenvalue weighted by Gasteiger charge is 2.38. The van der Waals surface area contributed by atoms with Crippen LogP contribution in [-0.4, -0.2) is 73.6 Å². The van der Waals surface area contributed by atoms with Crippen LogP contribution in [0.2, 0.25) is 36.3 Å². The lowest BCUT2D eigenvalue weighted by Crippen LogP contribution is -2.43. The first-order valence-corrected chi connectivity index (χ1v) is 33.6. The van der Waals surface area contributed by atoms with E-state index in [1.165, 1.54) is 173 Å². The van der Waals surface area contributed by atoms with Gasteiger partial charge in [-0.05, 0) is 54.7 Å². The maximum atomic E-state index is 10.1. The Kier molecular flexibility index (Phi) is 40.8. The van der Waals surface area contributed by atoms with Gasteiger partial charge in [0.1, 0.15) is 6.10 Å². The van der Waals surface area contributed by atoms with E-state index in [1.54, 1.807) is 0 Å². The van der Waals surface area contributed by atoms with Gasteiger partial charge in [0.2, 0.25) is 0 Å². The molecule has 8 heteroatoms. The number of aliphatic hydroxyl groups excluding tert-OH is 1. The van der Waals surface area contributed by atoms with Crippen LogP contribution in [0.4, 0.5) is 0 Å². The fraction of sp³-hybridized carbons (Fsp3) is 0.895. The molecule has 6 nitrogen and oxygen atoms in total. The molecule has 0 radical (unpaired) electrons. The molecule has 0 spiro atoms. The fourth-order valence-electron chi connectivity index (χ4n) is 7.25. The summed E-state index contributed by atoms with van der Waals surface area (Å²) in [5.74, 6) is 0. The van der Waals surface area contributed by atoms with Gasteiger partial charge in [0, 0.05) is 13.2 Å². The van der Waals surface area contributed by atoms with E-state index in [0.717, 1.165) is 26.1 Å². The van der Waals surface area contributed by atoms with Crippen LogP contribution in [0.1, 0.15) is 241 Å². The van der Waals surface area contributed by atoms with Crippen molar-refractivity contribution in [3.63, 3.8) is 0 Å². The molecule has 0 amide bonds. The molecule has 1 aromatic carbocycles. The lowest BCUT2D eigenvalue weighted by molar-refractivity contribution is -0.0476. The summed E-state index contributed by atoms with van der Waals surface area (Å²) in [6, 6.07) is 10.4. The summed E-state index contributed by atoms with van der Waals surface area (Å²) in [6.45, 7) is 31.3. The monoisotopic (exact) mass is 951 g/mol. The van der Waals surface area contributed by atoms with E-state index in [9.17, 15) is 5.11 Å². The Morgan fingerprint density at radius 1 is 0.431 bits per heavy atom. The van der Waals surface area contributed by atoms with E-state index in [-0.39, 0.29) is 16.2 Å². The number of rotatable bonds is 43. The molecule has 65 heavy (non-hydrogen) atoms. The van der Waals surface area contributed by atoms with E-state index >= 15 is 0 Å². The molecule has 0 fully saturated rings. The minimum atomic E-state index is -1.80. The van der Waals surface area contributed by atoms with Crippen LogP contribution in [-0.2, 0) is 29.7 Å². The maximum Gasteiger partial charge on any atom is 0.192 e. The topological polar surface area (TPSA) is 66.4 Å². The van der Waals surface area contributed by atoms with Gasteiger partial charge in [-0.1, -0.05) is 253 Å². The average Bonchev–Trinajstić information content (AvgIpc) is 3.25. The van der Waals surface area contributed by atoms with Crippen LogP contribution in [0.5, 0.6) is 0 Å². The Balaban J connectivity index is 0.00000129. The Bertz CT molecular complexity index is 1130. The predicted molar refractivity (Wildman–Crippen MR) is 290 cm³/mol. The smallest absolute Gasteiger partial charge is 0.192 e. The normalized spacial score (nSPS) is 13.5. The molecule has 2 atom stereocenters. The highest BCUT2D eigenvalue weighted by molar-refractivity contribution is 6.74. The van der Waals surface area contributed by atoms with Crippen LogP contribution in [0.3, 0.4) is 0 Å². The molecule has 1 N–H and O–H groups in total. The molecule has 0 saturated carbocycles. The Morgan fingerprint density at radius 2 is 0.754 bits per heavy atom. The fourth-order valence-corrected chi connectivity index (χ4v) is 9.33. The molecule has 1 rings (SSSR count). The van der Waals surface area contributed by atoms with E-state index < -0.39 is 22.7 Å². The van der Waals surface area contributed by atoms with Crippen molar-refractivity contribution in [1.29, 1.82) is 0 Å². The molecule has 386 valence electrons. The molecule has 1 aromatic rings. The molecule has 0 aliphatic carbocycles. The van der Waals surface area contributed by atoms with Crippen LogP contribution in [0.25, 0.3) is 0 Å². The SMILES string of the molecule is CCCCCCCCCCCCCCCCOCC(CO[Si](C)(C)C(C)(C)C)OCc1ccccc1.CCCCCCCCCCCCCCCCOCC(O)CO[Si](C)(C)C(C)(C)C. The molecule has 0 saturated heterocycles. The largest absolute Gasteiger partial charge is 0.414 e. The van der Waals surface area contributed by atoms with Crippen molar-refractivity contribution in [1.82, 2.24) is 0 Å². The second kappa shape index (κ2) is 41.2. The number of ether oxygens (including phenoxy) is 3. The highest BCUT2D eigenvalue weighted by Crippen LogP contribution is 2.37. The van der Waals surface area contributed by atoms with E-state index in [0.29, 0.717) is 33.0 Å². The van der Waals surface area contributed by atoms with Gasteiger partial charge in [0.25, 0.3) is 0 Å². The van der Waals surface area contributed by atoms with Crippen LogP contribution in [0.15, 0.2) is 30.3 Å². The van der Waals surface area contributed by atoms with Gasteiger partial charge in [0.05, 0.1) is 39.1 Å². The van der Waals surface area contributed by atoms with Crippen molar-refractivity contribution in [3.8, 4) is 0 Å². The Hall–Kier alpha value is -0.586. The summed E-state index contributed by atoms with van der Waals surface area (Å²) >= 11 is 0. The van der Waals surface area contributed by atoms with Crippen molar-refractivity contribution >= 4 is 16.6 Å². The molecule has 0 aliphatic rings. The zero-order valence-corrected chi connectivity index (χ0v) is 47.8. The summed E-state index contributed by atoms with van der Waals surface area (Å²) in [5, 5.41) is 10.4.